The van der Waals surface area contributed by atoms with Crippen molar-refractivity contribution >= 4 is 11.8 Å². The molecule has 0 spiro atoms. The number of carbonyl (C=O) groups is 2. The van der Waals surface area contributed by atoms with Crippen LogP contribution in [0.25, 0.3) is 0 Å². The molecule has 5 nitrogen and oxygen atoms in total. The first-order valence-corrected chi connectivity index (χ1v) is 7.21. The standard InChI is InChI=1S/C15H20N2O3/c1-9-4-5-10(14(16)18)8-17(9)15(19)12-7-11(12)13-3-2-6-20-13/h2-3,6,9-12H,4-5,7-8H2,1H3,(H2,16,18)/t9-,10+,11-,12-/m1/s1. The van der Waals surface area contributed by atoms with Gasteiger partial charge in [-0.1, -0.05) is 0 Å². The van der Waals surface area contributed by atoms with Gasteiger partial charge in [-0.25, -0.2) is 0 Å². The molecule has 2 N–H and O–H groups in total. The van der Waals surface area contributed by atoms with E-state index in [2.05, 4.69) is 0 Å². The lowest BCUT2D eigenvalue weighted by molar-refractivity contribution is -0.139. The molecule has 2 heterocycles. The molecule has 2 fully saturated rings. The second-order valence-corrected chi connectivity index (χ2v) is 5.98. The number of amides is 2. The summed E-state index contributed by atoms with van der Waals surface area (Å²) < 4.78 is 5.37. The maximum Gasteiger partial charge on any atom is 0.226 e. The summed E-state index contributed by atoms with van der Waals surface area (Å²) in [7, 11) is 0. The highest BCUT2D eigenvalue weighted by Crippen LogP contribution is 2.49. The summed E-state index contributed by atoms with van der Waals surface area (Å²) in [5, 5.41) is 0. The Balaban J connectivity index is 1.66. The molecular weight excluding hydrogens is 256 g/mol. The summed E-state index contributed by atoms with van der Waals surface area (Å²) in [5.74, 6) is 0.752. The van der Waals surface area contributed by atoms with E-state index >= 15 is 0 Å². The van der Waals surface area contributed by atoms with Crippen LogP contribution in [-0.4, -0.2) is 29.3 Å². The zero-order valence-corrected chi connectivity index (χ0v) is 11.6. The van der Waals surface area contributed by atoms with Gasteiger partial charge in [-0.15, -0.1) is 0 Å². The zero-order valence-electron chi connectivity index (χ0n) is 11.6. The van der Waals surface area contributed by atoms with Crippen LogP contribution in [0.2, 0.25) is 0 Å². The van der Waals surface area contributed by atoms with Gasteiger partial charge in [0.2, 0.25) is 11.8 Å². The predicted molar refractivity (Wildman–Crippen MR) is 72.6 cm³/mol. The highest BCUT2D eigenvalue weighted by molar-refractivity contribution is 5.84. The quantitative estimate of drug-likeness (QED) is 0.908. The fourth-order valence-electron chi connectivity index (χ4n) is 3.14. The molecule has 0 aromatic carbocycles. The Kier molecular flexibility index (Phi) is 3.28. The van der Waals surface area contributed by atoms with Crippen LogP contribution in [-0.2, 0) is 9.59 Å². The van der Waals surface area contributed by atoms with Gasteiger partial charge in [0.05, 0.1) is 12.2 Å². The monoisotopic (exact) mass is 276 g/mol. The normalized spacial score (nSPS) is 33.0. The zero-order chi connectivity index (χ0) is 14.3. The molecule has 1 aliphatic heterocycles. The number of furan rings is 1. The molecule has 5 heteroatoms. The van der Waals surface area contributed by atoms with Gasteiger partial charge in [-0.2, -0.15) is 0 Å². The summed E-state index contributed by atoms with van der Waals surface area (Å²) in [6, 6.07) is 3.96. The number of nitrogens with zero attached hydrogens (tertiary/aromatic N) is 1. The van der Waals surface area contributed by atoms with Crippen molar-refractivity contribution in [3.63, 3.8) is 0 Å². The number of nitrogens with two attached hydrogens (primary N) is 1. The molecular formula is C15H20N2O3. The van der Waals surface area contributed by atoms with Crippen molar-refractivity contribution in [2.75, 3.05) is 6.54 Å². The summed E-state index contributed by atoms with van der Waals surface area (Å²) >= 11 is 0. The fourth-order valence-corrected chi connectivity index (χ4v) is 3.14. The number of hydrogen-bond acceptors (Lipinski definition) is 3. The molecule has 2 aliphatic rings. The van der Waals surface area contributed by atoms with Crippen molar-refractivity contribution in [3.05, 3.63) is 24.2 Å². The van der Waals surface area contributed by atoms with E-state index in [0.717, 1.165) is 25.0 Å². The van der Waals surface area contributed by atoms with Crippen LogP contribution >= 0.6 is 0 Å². The summed E-state index contributed by atoms with van der Waals surface area (Å²) in [6.07, 6.45) is 4.11. The van der Waals surface area contributed by atoms with Gasteiger partial charge >= 0.3 is 0 Å². The first-order valence-electron chi connectivity index (χ1n) is 7.21. The van der Waals surface area contributed by atoms with Crippen LogP contribution in [0.15, 0.2) is 22.8 Å². The van der Waals surface area contributed by atoms with Gasteiger partial charge in [0, 0.05) is 24.4 Å². The first-order chi connectivity index (χ1) is 9.58. The number of hydrogen-bond donors (Lipinski definition) is 1. The minimum Gasteiger partial charge on any atom is -0.469 e. The molecule has 20 heavy (non-hydrogen) atoms. The van der Waals surface area contributed by atoms with Crippen LogP contribution in [0.3, 0.4) is 0 Å². The number of rotatable bonds is 3. The van der Waals surface area contributed by atoms with Crippen molar-refractivity contribution in [2.45, 2.75) is 38.1 Å². The van der Waals surface area contributed by atoms with Crippen LogP contribution in [0.5, 0.6) is 0 Å². The fraction of sp³-hybridized carbons (Fsp3) is 0.600. The Morgan fingerprint density at radius 3 is 2.85 bits per heavy atom. The third-order valence-electron chi connectivity index (χ3n) is 4.58. The highest BCUT2D eigenvalue weighted by Gasteiger charge is 2.49. The number of piperidine rings is 1. The van der Waals surface area contributed by atoms with E-state index in [9.17, 15) is 9.59 Å². The lowest BCUT2D eigenvalue weighted by atomic mass is 9.92. The molecule has 3 rings (SSSR count). The molecule has 1 saturated heterocycles. The smallest absolute Gasteiger partial charge is 0.226 e. The van der Waals surface area contributed by atoms with Gasteiger partial charge in [0.15, 0.2) is 0 Å². The molecule has 1 saturated carbocycles. The number of primary amides is 1. The Labute approximate surface area is 118 Å². The van der Waals surface area contributed by atoms with Gasteiger partial charge in [-0.3, -0.25) is 9.59 Å². The van der Waals surface area contributed by atoms with E-state index in [1.165, 1.54) is 0 Å². The third-order valence-corrected chi connectivity index (χ3v) is 4.58. The Hall–Kier alpha value is -1.78. The van der Waals surface area contributed by atoms with Gasteiger partial charge in [-0.05, 0) is 38.3 Å². The number of carbonyl (C=O) groups excluding carboxylic acids is 2. The Morgan fingerprint density at radius 2 is 2.20 bits per heavy atom. The minimum absolute atomic E-state index is 0.00947. The van der Waals surface area contributed by atoms with Gasteiger partial charge in [0.1, 0.15) is 5.76 Å². The van der Waals surface area contributed by atoms with Crippen molar-refractivity contribution in [1.82, 2.24) is 4.90 Å². The average Bonchev–Trinajstić information content (AvgIpc) is 3.04. The molecule has 0 bridgehead atoms. The Bertz CT molecular complexity index is 511. The van der Waals surface area contributed by atoms with Crippen molar-refractivity contribution < 1.29 is 14.0 Å². The van der Waals surface area contributed by atoms with E-state index in [1.807, 2.05) is 24.0 Å². The summed E-state index contributed by atoms with van der Waals surface area (Å²) in [6.45, 7) is 2.51. The predicted octanol–water partition coefficient (Wildman–Crippen LogP) is 1.50. The largest absolute Gasteiger partial charge is 0.469 e. The SMILES string of the molecule is C[C@@H]1CC[C@H](C(N)=O)CN1C(=O)[C@@H]1C[C@H]1c1ccco1. The first kappa shape index (κ1) is 13.2. The lowest BCUT2D eigenvalue weighted by Crippen LogP contribution is -2.49. The second kappa shape index (κ2) is 4.96. The Morgan fingerprint density at radius 1 is 1.40 bits per heavy atom. The topological polar surface area (TPSA) is 76.5 Å². The van der Waals surface area contributed by atoms with Gasteiger partial charge in [0.25, 0.3) is 0 Å². The molecule has 4 atom stereocenters. The molecule has 1 aromatic rings. The second-order valence-electron chi connectivity index (χ2n) is 5.98. The minimum atomic E-state index is -0.298. The van der Waals surface area contributed by atoms with E-state index in [-0.39, 0.29) is 35.6 Å². The van der Waals surface area contributed by atoms with Crippen molar-refractivity contribution in [2.24, 2.45) is 17.6 Å². The molecule has 108 valence electrons. The van der Waals surface area contributed by atoms with Crippen LogP contribution in [0.1, 0.15) is 37.9 Å². The third kappa shape index (κ3) is 2.32. The number of likely N-dealkylation sites (tertiary alicyclic amines) is 1. The summed E-state index contributed by atoms with van der Waals surface area (Å²) in [4.78, 5) is 25.8. The van der Waals surface area contributed by atoms with E-state index < -0.39 is 0 Å². The van der Waals surface area contributed by atoms with Crippen LogP contribution in [0.4, 0.5) is 0 Å². The van der Waals surface area contributed by atoms with Crippen molar-refractivity contribution in [3.8, 4) is 0 Å². The van der Waals surface area contributed by atoms with Crippen LogP contribution in [0, 0.1) is 11.8 Å². The summed E-state index contributed by atoms with van der Waals surface area (Å²) in [5.41, 5.74) is 5.38. The average molecular weight is 276 g/mol. The van der Waals surface area contributed by atoms with Crippen molar-refractivity contribution in [1.29, 1.82) is 0 Å². The van der Waals surface area contributed by atoms with Gasteiger partial charge < -0.3 is 15.1 Å². The van der Waals surface area contributed by atoms with Crippen LogP contribution < -0.4 is 5.73 Å². The van der Waals surface area contributed by atoms with E-state index in [0.29, 0.717) is 6.54 Å². The highest BCUT2D eigenvalue weighted by atomic mass is 16.3. The van der Waals surface area contributed by atoms with E-state index in [1.54, 1.807) is 6.26 Å². The molecule has 0 unspecified atom stereocenters. The molecule has 2 amide bonds. The van der Waals surface area contributed by atoms with E-state index in [4.69, 9.17) is 10.2 Å². The lowest BCUT2D eigenvalue weighted by Gasteiger charge is -2.37. The molecule has 1 aliphatic carbocycles. The maximum absolute atomic E-state index is 12.6. The maximum atomic E-state index is 12.6. The molecule has 0 radical (unpaired) electrons. The molecule has 1 aromatic heterocycles.